The van der Waals surface area contributed by atoms with Gasteiger partial charge >= 0.3 is 6.18 Å². The molecular formula is C26H25F4N5O3S. The monoisotopic (exact) mass is 563 g/mol. The van der Waals surface area contributed by atoms with E-state index in [9.17, 15) is 22.2 Å². The van der Waals surface area contributed by atoms with E-state index in [0.29, 0.717) is 30.5 Å². The van der Waals surface area contributed by atoms with E-state index in [1.165, 1.54) is 29.3 Å². The number of nitrogens with zero attached hydrogens (tertiary/aromatic N) is 4. The number of pyridine rings is 1. The van der Waals surface area contributed by atoms with Gasteiger partial charge in [-0.15, -0.1) is 0 Å². The van der Waals surface area contributed by atoms with Crippen molar-refractivity contribution in [2.24, 2.45) is 5.73 Å². The molecular weight excluding hydrogens is 538 g/mol. The molecule has 0 spiro atoms. The Kier molecular flexibility index (Phi) is 6.73. The number of fused-ring (bicyclic) bond motifs is 1. The van der Waals surface area contributed by atoms with Crippen molar-refractivity contribution >= 4 is 31.7 Å². The Morgan fingerprint density at radius 1 is 1.21 bits per heavy atom. The summed E-state index contributed by atoms with van der Waals surface area (Å²) in [6.45, 7) is 3.69. The van der Waals surface area contributed by atoms with Crippen LogP contribution in [0.2, 0.25) is 0 Å². The third-order valence-electron chi connectivity index (χ3n) is 6.86. The average Bonchev–Trinajstić information content (AvgIpc) is 3.66. The quantitative estimate of drug-likeness (QED) is 0.346. The summed E-state index contributed by atoms with van der Waals surface area (Å²) in [5, 5.41) is 2.93. The molecule has 39 heavy (non-hydrogen) atoms. The molecule has 2 N–H and O–H groups in total. The van der Waals surface area contributed by atoms with Crippen LogP contribution >= 0.6 is 0 Å². The first-order valence-corrected chi connectivity index (χ1v) is 14.0. The van der Waals surface area contributed by atoms with Crippen LogP contribution < -0.4 is 10.6 Å². The van der Waals surface area contributed by atoms with Crippen LogP contribution in [0.15, 0.2) is 45.5 Å². The summed E-state index contributed by atoms with van der Waals surface area (Å²) in [7, 11) is -2.77. The number of carbonyl (C=O) groups is 1. The van der Waals surface area contributed by atoms with Crippen LogP contribution in [0.4, 0.5) is 23.2 Å². The first-order chi connectivity index (χ1) is 18.4. The third-order valence-corrected chi connectivity index (χ3v) is 10.0. The second kappa shape index (κ2) is 9.78. The molecule has 1 amide bonds. The number of anilines is 1. The van der Waals surface area contributed by atoms with Gasteiger partial charge in [-0.3, -0.25) is 14.0 Å². The van der Waals surface area contributed by atoms with E-state index >= 15 is 4.39 Å². The van der Waals surface area contributed by atoms with Gasteiger partial charge in [-0.2, -0.15) is 18.2 Å². The van der Waals surface area contributed by atoms with E-state index in [1.54, 1.807) is 13.0 Å². The van der Waals surface area contributed by atoms with Gasteiger partial charge < -0.3 is 15.2 Å². The lowest BCUT2D eigenvalue weighted by molar-refractivity contribution is -0.146. The SMILES string of the molecule is CC/C(C)=C(/N)c1cc2c(cc1F)S(=O)(=C1CC1)CCC(=O)N2Cc1ccc(-c2nc(C(F)(F)F)no2)nc1. The fraction of sp³-hybridized carbons (Fsp3) is 0.346. The molecule has 8 nitrogen and oxygen atoms in total. The average molecular weight is 564 g/mol. The summed E-state index contributed by atoms with van der Waals surface area (Å²) < 4.78 is 72.6. The Morgan fingerprint density at radius 2 is 1.95 bits per heavy atom. The Balaban J connectivity index is 1.55. The number of hydrogen-bond acceptors (Lipinski definition) is 7. The molecule has 0 bridgehead atoms. The summed E-state index contributed by atoms with van der Waals surface area (Å²) in [6, 6.07) is 5.69. The summed E-state index contributed by atoms with van der Waals surface area (Å²) in [5.74, 6) is -2.63. The number of hydrogen-bond donors (Lipinski definition) is 1. The highest BCUT2D eigenvalue weighted by molar-refractivity contribution is 8.03. The van der Waals surface area contributed by atoms with Crippen molar-refractivity contribution in [3.05, 3.63) is 58.8 Å². The fourth-order valence-electron chi connectivity index (χ4n) is 4.38. The number of carbonyl (C=O) groups excluding carboxylic acids is 1. The second-order valence-corrected chi connectivity index (χ2v) is 12.2. The van der Waals surface area contributed by atoms with Crippen LogP contribution in [0, 0.1) is 5.82 Å². The van der Waals surface area contributed by atoms with Gasteiger partial charge in [0.05, 0.1) is 17.1 Å². The number of allylic oxidation sites excluding steroid dienone is 1. The number of nitrogens with two attached hydrogens (primary N) is 1. The predicted molar refractivity (Wildman–Crippen MR) is 137 cm³/mol. The summed E-state index contributed by atoms with van der Waals surface area (Å²) in [4.78, 5) is 23.3. The minimum absolute atomic E-state index is 0.000983. The number of aromatic nitrogens is 3. The highest BCUT2D eigenvalue weighted by Gasteiger charge is 2.38. The molecule has 3 aromatic rings. The smallest absolute Gasteiger partial charge is 0.398 e. The number of rotatable bonds is 5. The molecule has 0 saturated heterocycles. The maximum atomic E-state index is 15.4. The maximum absolute atomic E-state index is 15.4. The molecule has 2 aromatic heterocycles. The maximum Gasteiger partial charge on any atom is 0.455 e. The first-order valence-electron chi connectivity index (χ1n) is 12.2. The third kappa shape index (κ3) is 5.02. The van der Waals surface area contributed by atoms with E-state index in [2.05, 4.69) is 19.6 Å². The van der Waals surface area contributed by atoms with Gasteiger partial charge in [-0.25, -0.2) is 4.39 Å². The van der Waals surface area contributed by atoms with Crippen LogP contribution in [-0.2, 0) is 27.0 Å². The number of alkyl halides is 3. The summed E-state index contributed by atoms with van der Waals surface area (Å²) in [6.07, 6.45) is -1.44. The van der Waals surface area contributed by atoms with Crippen LogP contribution in [0.25, 0.3) is 17.3 Å². The number of benzene rings is 1. The van der Waals surface area contributed by atoms with E-state index in [0.717, 1.165) is 10.4 Å². The Bertz CT molecular complexity index is 1610. The molecule has 1 aliphatic carbocycles. The lowest BCUT2D eigenvalue weighted by atomic mass is 10.0. The van der Waals surface area contributed by atoms with Crippen LogP contribution in [0.5, 0.6) is 0 Å². The largest absolute Gasteiger partial charge is 0.455 e. The molecule has 3 heterocycles. The van der Waals surface area contributed by atoms with E-state index in [1.807, 2.05) is 6.92 Å². The zero-order valence-electron chi connectivity index (χ0n) is 21.1. The molecule has 13 heteroatoms. The Labute approximate surface area is 221 Å². The lowest BCUT2D eigenvalue weighted by Gasteiger charge is -2.24. The molecule has 0 radical (unpaired) electrons. The second-order valence-electron chi connectivity index (χ2n) is 9.47. The van der Waals surface area contributed by atoms with Crippen molar-refractivity contribution in [1.29, 1.82) is 0 Å². The van der Waals surface area contributed by atoms with Gasteiger partial charge in [-0.05, 0) is 60.4 Å². The first kappa shape index (κ1) is 26.9. The zero-order chi connectivity index (χ0) is 28.1. The topological polar surface area (TPSA) is 115 Å². The van der Waals surface area contributed by atoms with Gasteiger partial charge in [0.2, 0.25) is 5.91 Å². The minimum atomic E-state index is -4.76. The molecule has 206 valence electrons. The summed E-state index contributed by atoms with van der Waals surface area (Å²) >= 11 is 0. The van der Waals surface area contributed by atoms with Crippen molar-refractivity contribution in [3.63, 3.8) is 0 Å². The molecule has 5 rings (SSSR count). The highest BCUT2D eigenvalue weighted by Crippen LogP contribution is 2.39. The Hall–Kier alpha value is -3.74. The van der Waals surface area contributed by atoms with Crippen molar-refractivity contribution < 1.29 is 31.1 Å². The van der Waals surface area contributed by atoms with Crippen molar-refractivity contribution in [2.45, 2.75) is 57.1 Å². The molecule has 1 saturated carbocycles. The van der Waals surface area contributed by atoms with Crippen molar-refractivity contribution in [3.8, 4) is 11.6 Å². The van der Waals surface area contributed by atoms with Gasteiger partial charge in [-0.1, -0.05) is 18.1 Å². The van der Waals surface area contributed by atoms with Crippen molar-refractivity contribution in [1.82, 2.24) is 15.1 Å². The molecule has 1 aliphatic heterocycles. The fourth-order valence-corrected chi connectivity index (χ4v) is 7.22. The van der Waals surface area contributed by atoms with Crippen LogP contribution in [0.1, 0.15) is 56.5 Å². The molecule has 1 unspecified atom stereocenters. The van der Waals surface area contributed by atoms with Crippen LogP contribution in [0.3, 0.4) is 0 Å². The highest BCUT2D eigenvalue weighted by atomic mass is 32.2. The van der Waals surface area contributed by atoms with Gasteiger partial charge in [0.15, 0.2) is 0 Å². The number of amides is 1. The Morgan fingerprint density at radius 3 is 2.54 bits per heavy atom. The van der Waals surface area contributed by atoms with Gasteiger partial charge in [0.25, 0.3) is 11.7 Å². The molecule has 1 aromatic carbocycles. The van der Waals surface area contributed by atoms with E-state index in [4.69, 9.17) is 5.73 Å². The normalized spacial score (nSPS) is 20.0. The van der Waals surface area contributed by atoms with E-state index < -0.39 is 33.2 Å². The standard InChI is InChI=1S/C26H25F4N5O3S/c1-3-14(2)23(31)17-10-20-21(11-18(17)27)39(37,16-5-6-16)9-8-22(36)35(20)13-15-4-7-19(32-12-15)24-33-25(34-38-24)26(28,29)30/h4,7,10-12H,3,5-6,8-9,13,31H2,1-2H3/b23-14+. The lowest BCUT2D eigenvalue weighted by Crippen LogP contribution is -2.30. The van der Waals surface area contributed by atoms with Gasteiger partial charge in [0.1, 0.15) is 11.5 Å². The van der Waals surface area contributed by atoms with E-state index in [-0.39, 0.29) is 46.5 Å². The minimum Gasteiger partial charge on any atom is -0.398 e. The summed E-state index contributed by atoms with van der Waals surface area (Å²) in [5.41, 5.74) is 8.28. The number of halogens is 4. The van der Waals surface area contributed by atoms with Gasteiger partial charge in [0, 0.05) is 39.2 Å². The molecule has 2 aliphatic rings. The van der Waals surface area contributed by atoms with Crippen LogP contribution in [-0.4, -0.2) is 35.9 Å². The zero-order valence-corrected chi connectivity index (χ0v) is 22.0. The molecule has 1 fully saturated rings. The van der Waals surface area contributed by atoms with Crippen molar-refractivity contribution in [2.75, 3.05) is 10.7 Å². The predicted octanol–water partition coefficient (Wildman–Crippen LogP) is 4.94. The molecule has 1 atom stereocenters.